The van der Waals surface area contributed by atoms with Gasteiger partial charge in [-0.25, -0.2) is 8.60 Å². The average molecular weight is 231 g/mol. The van der Waals surface area contributed by atoms with Gasteiger partial charge in [-0.1, -0.05) is 6.07 Å². The summed E-state index contributed by atoms with van der Waals surface area (Å²) in [7, 11) is 0. The topological polar surface area (TPSA) is 66.4 Å². The number of hydrogen-bond acceptors (Lipinski definition) is 2. The Bertz CT molecular complexity index is 408. The Balaban J connectivity index is 2.87. The van der Waals surface area contributed by atoms with Crippen molar-refractivity contribution in [2.24, 2.45) is 0 Å². The van der Waals surface area contributed by atoms with Crippen LogP contribution in [0.2, 0.25) is 0 Å². The molecule has 6 heteroatoms. The zero-order chi connectivity index (χ0) is 11.4. The summed E-state index contributed by atoms with van der Waals surface area (Å²) in [6.07, 6.45) is 0. The minimum absolute atomic E-state index is 0.143. The summed E-state index contributed by atoms with van der Waals surface area (Å²) in [6.45, 7) is 1.31. The highest BCUT2D eigenvalue weighted by atomic mass is 32.2. The first-order chi connectivity index (χ1) is 6.99. The van der Waals surface area contributed by atoms with E-state index >= 15 is 0 Å². The van der Waals surface area contributed by atoms with Crippen LogP contribution in [0.4, 0.5) is 10.1 Å². The van der Waals surface area contributed by atoms with E-state index in [1.54, 1.807) is 0 Å². The molecule has 0 bridgehead atoms. The van der Waals surface area contributed by atoms with Gasteiger partial charge in [0, 0.05) is 18.2 Å². The predicted molar refractivity (Wildman–Crippen MR) is 55.2 cm³/mol. The molecule has 0 aliphatic rings. The van der Waals surface area contributed by atoms with Gasteiger partial charge >= 0.3 is 0 Å². The fourth-order valence-electron chi connectivity index (χ4n) is 1.08. The van der Waals surface area contributed by atoms with Crippen molar-refractivity contribution in [1.29, 1.82) is 0 Å². The molecule has 0 radical (unpaired) electrons. The number of halogens is 1. The predicted octanol–water partition coefficient (Wildman–Crippen LogP) is 1.51. The molecule has 82 valence electrons. The van der Waals surface area contributed by atoms with Gasteiger partial charge in [0.05, 0.1) is 5.75 Å². The van der Waals surface area contributed by atoms with E-state index in [0.717, 1.165) is 6.07 Å². The molecule has 0 fully saturated rings. The molecule has 1 aromatic carbocycles. The molecule has 0 heterocycles. The van der Waals surface area contributed by atoms with Crippen molar-refractivity contribution in [3.8, 4) is 0 Å². The number of carbonyl (C=O) groups excluding carboxylic acids is 1. The first-order valence-corrected chi connectivity index (χ1v) is 5.40. The van der Waals surface area contributed by atoms with Gasteiger partial charge in [0.2, 0.25) is 5.91 Å². The Morgan fingerprint density at radius 2 is 2.27 bits per heavy atom. The number of carbonyl (C=O) groups is 1. The summed E-state index contributed by atoms with van der Waals surface area (Å²) in [6, 6.07) is 3.96. The first kappa shape index (κ1) is 11.8. The van der Waals surface area contributed by atoms with Gasteiger partial charge < -0.3 is 9.87 Å². The van der Waals surface area contributed by atoms with Crippen LogP contribution in [0.5, 0.6) is 0 Å². The Labute approximate surface area is 88.8 Å². The molecule has 0 saturated heterocycles. The van der Waals surface area contributed by atoms with Gasteiger partial charge in [-0.3, -0.25) is 4.79 Å². The van der Waals surface area contributed by atoms with Crippen LogP contribution < -0.4 is 5.32 Å². The lowest BCUT2D eigenvalue weighted by molar-refractivity contribution is -0.114. The molecular formula is C9H10FNO3S. The fourth-order valence-corrected chi connectivity index (χ4v) is 1.58. The third kappa shape index (κ3) is 3.77. The largest absolute Gasteiger partial charge is 0.326 e. The summed E-state index contributed by atoms with van der Waals surface area (Å²) in [5.74, 6) is -1.16. The minimum atomic E-state index is -2.07. The van der Waals surface area contributed by atoms with Crippen LogP contribution in [0.15, 0.2) is 18.2 Å². The smallest absolute Gasteiger partial charge is 0.221 e. The summed E-state index contributed by atoms with van der Waals surface area (Å²) < 4.78 is 32.3. The van der Waals surface area contributed by atoms with Gasteiger partial charge in [-0.2, -0.15) is 0 Å². The third-order valence-electron chi connectivity index (χ3n) is 1.65. The SMILES string of the molecule is CC(=O)Nc1ccc(CS(=O)O)c(F)c1. The summed E-state index contributed by atoms with van der Waals surface area (Å²) in [5, 5.41) is 2.41. The van der Waals surface area contributed by atoms with Crippen LogP contribution in [0, 0.1) is 5.82 Å². The first-order valence-electron chi connectivity index (χ1n) is 4.12. The van der Waals surface area contributed by atoms with Crippen LogP contribution in [0.1, 0.15) is 12.5 Å². The molecule has 0 spiro atoms. The quantitative estimate of drug-likeness (QED) is 0.775. The van der Waals surface area contributed by atoms with Crippen molar-refractivity contribution in [3.05, 3.63) is 29.6 Å². The molecule has 0 aliphatic heterocycles. The monoisotopic (exact) mass is 231 g/mol. The maximum absolute atomic E-state index is 13.3. The highest BCUT2D eigenvalue weighted by Crippen LogP contribution is 2.15. The molecule has 2 N–H and O–H groups in total. The van der Waals surface area contributed by atoms with Crippen molar-refractivity contribution >= 4 is 22.7 Å². The molecule has 1 aromatic rings. The molecule has 0 saturated carbocycles. The van der Waals surface area contributed by atoms with Crippen molar-refractivity contribution in [1.82, 2.24) is 0 Å². The molecule has 15 heavy (non-hydrogen) atoms. The summed E-state index contributed by atoms with van der Waals surface area (Å²) in [5.41, 5.74) is 0.470. The van der Waals surface area contributed by atoms with Crippen LogP contribution in [0.3, 0.4) is 0 Å². The van der Waals surface area contributed by atoms with Gasteiger partial charge in [0.15, 0.2) is 11.1 Å². The van der Waals surface area contributed by atoms with E-state index in [1.165, 1.54) is 19.1 Å². The lowest BCUT2D eigenvalue weighted by Gasteiger charge is -2.04. The summed E-state index contributed by atoms with van der Waals surface area (Å²) >= 11 is -2.07. The van der Waals surface area contributed by atoms with Crippen molar-refractivity contribution in [2.45, 2.75) is 12.7 Å². The standard InChI is InChI=1S/C9H10FNO3S/c1-6(12)11-8-3-2-7(5-15(13)14)9(10)4-8/h2-4H,5H2,1H3,(H,11,12)(H,13,14). The Kier molecular flexibility index (Phi) is 3.93. The van der Waals surface area contributed by atoms with E-state index in [0.29, 0.717) is 5.69 Å². The van der Waals surface area contributed by atoms with Gasteiger partial charge in [-0.15, -0.1) is 0 Å². The minimum Gasteiger partial charge on any atom is -0.326 e. The normalized spacial score (nSPS) is 12.2. The van der Waals surface area contributed by atoms with E-state index in [9.17, 15) is 13.4 Å². The second-order valence-electron chi connectivity index (χ2n) is 2.95. The second-order valence-corrected chi connectivity index (χ2v) is 3.88. The van der Waals surface area contributed by atoms with E-state index in [4.69, 9.17) is 4.55 Å². The van der Waals surface area contributed by atoms with E-state index in [1.807, 2.05) is 0 Å². The molecule has 1 atom stereocenters. The molecule has 0 aliphatic carbocycles. The van der Waals surface area contributed by atoms with Crippen molar-refractivity contribution in [2.75, 3.05) is 5.32 Å². The van der Waals surface area contributed by atoms with Crippen molar-refractivity contribution in [3.63, 3.8) is 0 Å². The van der Waals surface area contributed by atoms with Gasteiger partial charge in [0.1, 0.15) is 5.82 Å². The van der Waals surface area contributed by atoms with Crippen LogP contribution >= 0.6 is 0 Å². The fraction of sp³-hybridized carbons (Fsp3) is 0.222. The highest BCUT2D eigenvalue weighted by molar-refractivity contribution is 7.78. The number of amides is 1. The molecule has 1 rings (SSSR count). The Morgan fingerprint density at radius 3 is 2.73 bits per heavy atom. The Hall–Kier alpha value is -1.27. The third-order valence-corrected chi connectivity index (χ3v) is 2.21. The maximum Gasteiger partial charge on any atom is 0.221 e. The average Bonchev–Trinajstić information content (AvgIpc) is 2.08. The van der Waals surface area contributed by atoms with Crippen LogP contribution in [0.25, 0.3) is 0 Å². The molecule has 1 amide bonds. The number of hydrogen-bond donors (Lipinski definition) is 2. The van der Waals surface area contributed by atoms with E-state index in [2.05, 4.69) is 5.32 Å². The number of anilines is 1. The van der Waals surface area contributed by atoms with Crippen LogP contribution in [-0.2, 0) is 21.6 Å². The second kappa shape index (κ2) is 4.99. The highest BCUT2D eigenvalue weighted by Gasteiger charge is 2.06. The molecule has 1 unspecified atom stereocenters. The number of nitrogens with one attached hydrogen (secondary N) is 1. The molecule has 0 aromatic heterocycles. The molecular weight excluding hydrogens is 221 g/mol. The van der Waals surface area contributed by atoms with E-state index in [-0.39, 0.29) is 17.2 Å². The lowest BCUT2D eigenvalue weighted by Crippen LogP contribution is -2.06. The van der Waals surface area contributed by atoms with Crippen molar-refractivity contribution < 1.29 is 17.9 Å². The van der Waals surface area contributed by atoms with Gasteiger partial charge in [-0.05, 0) is 12.1 Å². The number of benzene rings is 1. The van der Waals surface area contributed by atoms with Crippen LogP contribution in [-0.4, -0.2) is 14.7 Å². The zero-order valence-corrected chi connectivity index (χ0v) is 8.81. The Morgan fingerprint density at radius 1 is 1.60 bits per heavy atom. The van der Waals surface area contributed by atoms with Gasteiger partial charge in [0.25, 0.3) is 0 Å². The summed E-state index contributed by atoms with van der Waals surface area (Å²) in [4.78, 5) is 10.7. The zero-order valence-electron chi connectivity index (χ0n) is 7.99. The number of rotatable bonds is 3. The lowest BCUT2D eigenvalue weighted by atomic mass is 10.2. The van der Waals surface area contributed by atoms with E-state index < -0.39 is 16.9 Å². The molecule has 4 nitrogen and oxygen atoms in total. The maximum atomic E-state index is 13.3.